The van der Waals surface area contributed by atoms with Crippen LogP contribution in [0, 0.1) is 10.8 Å². The van der Waals surface area contributed by atoms with E-state index in [0.29, 0.717) is 0 Å². The van der Waals surface area contributed by atoms with E-state index < -0.39 is 0 Å². The van der Waals surface area contributed by atoms with Crippen molar-refractivity contribution in [3.63, 3.8) is 0 Å². The fourth-order valence-electron chi connectivity index (χ4n) is 1.25. The van der Waals surface area contributed by atoms with Gasteiger partial charge >= 0.3 is 0 Å². The Bertz CT molecular complexity index is 179. The van der Waals surface area contributed by atoms with Crippen LogP contribution < -0.4 is 0 Å². The van der Waals surface area contributed by atoms with Crippen LogP contribution in [0.25, 0.3) is 0 Å². The summed E-state index contributed by atoms with van der Waals surface area (Å²) in [7, 11) is 0. The summed E-state index contributed by atoms with van der Waals surface area (Å²) in [6, 6.07) is 0. The van der Waals surface area contributed by atoms with E-state index >= 15 is 0 Å². The van der Waals surface area contributed by atoms with Crippen molar-refractivity contribution in [3.05, 3.63) is 12.2 Å². The molecule has 0 aromatic carbocycles. The van der Waals surface area contributed by atoms with Gasteiger partial charge in [0.1, 0.15) is 6.29 Å². The molecule has 0 spiro atoms. The van der Waals surface area contributed by atoms with Gasteiger partial charge in [0.05, 0.1) is 0 Å². The second kappa shape index (κ2) is 1.94. The van der Waals surface area contributed by atoms with Crippen molar-refractivity contribution in [1.29, 1.82) is 0 Å². The van der Waals surface area contributed by atoms with Gasteiger partial charge in [0, 0.05) is 5.41 Å². The van der Waals surface area contributed by atoms with Crippen LogP contribution in [-0.2, 0) is 4.79 Å². The van der Waals surface area contributed by atoms with Crippen LogP contribution in [0.1, 0.15) is 27.2 Å². The van der Waals surface area contributed by atoms with Gasteiger partial charge in [0.15, 0.2) is 0 Å². The molecular formula is C9H14O. The minimum Gasteiger partial charge on any atom is -0.303 e. The van der Waals surface area contributed by atoms with Gasteiger partial charge in [-0.1, -0.05) is 32.9 Å². The van der Waals surface area contributed by atoms with Gasteiger partial charge in [0.2, 0.25) is 0 Å². The first-order chi connectivity index (χ1) is 4.52. The van der Waals surface area contributed by atoms with E-state index in [0.717, 1.165) is 12.7 Å². The third-order valence-corrected chi connectivity index (χ3v) is 2.81. The van der Waals surface area contributed by atoms with E-state index in [9.17, 15) is 4.79 Å². The topological polar surface area (TPSA) is 17.1 Å². The third kappa shape index (κ3) is 0.808. The molecule has 0 saturated carbocycles. The Labute approximate surface area is 62.1 Å². The molecular weight excluding hydrogens is 124 g/mol. The first-order valence-electron chi connectivity index (χ1n) is 3.66. The predicted molar refractivity (Wildman–Crippen MR) is 41.7 cm³/mol. The maximum atomic E-state index is 10.7. The molecule has 0 saturated heterocycles. The Kier molecular flexibility index (Phi) is 1.46. The number of carbonyl (C=O) groups is 1. The Morgan fingerprint density at radius 3 is 2.20 bits per heavy atom. The maximum Gasteiger partial charge on any atom is 0.127 e. The van der Waals surface area contributed by atoms with Crippen molar-refractivity contribution in [3.8, 4) is 0 Å². The molecule has 0 amide bonds. The highest BCUT2D eigenvalue weighted by Crippen LogP contribution is 2.45. The van der Waals surface area contributed by atoms with Crippen LogP contribution in [0.4, 0.5) is 0 Å². The van der Waals surface area contributed by atoms with Gasteiger partial charge in [-0.3, -0.25) is 0 Å². The number of hydrogen-bond donors (Lipinski definition) is 0. The summed E-state index contributed by atoms with van der Waals surface area (Å²) in [6.45, 7) is 6.22. The lowest BCUT2D eigenvalue weighted by atomic mass is 9.70. The summed E-state index contributed by atoms with van der Waals surface area (Å²) in [5.41, 5.74) is -0.109. The fourth-order valence-corrected chi connectivity index (χ4v) is 1.25. The monoisotopic (exact) mass is 138 g/mol. The molecule has 1 unspecified atom stereocenters. The largest absolute Gasteiger partial charge is 0.303 e. The molecule has 0 N–H and O–H groups in total. The van der Waals surface area contributed by atoms with Crippen molar-refractivity contribution in [2.24, 2.45) is 10.8 Å². The Balaban J connectivity index is 2.93. The van der Waals surface area contributed by atoms with Gasteiger partial charge in [-0.15, -0.1) is 0 Å². The molecule has 1 aliphatic rings. The zero-order chi connectivity index (χ0) is 7.83. The van der Waals surface area contributed by atoms with Crippen molar-refractivity contribution >= 4 is 6.29 Å². The van der Waals surface area contributed by atoms with Crippen LogP contribution in [0.15, 0.2) is 12.2 Å². The second-order valence-corrected chi connectivity index (χ2v) is 3.86. The highest BCUT2D eigenvalue weighted by molar-refractivity contribution is 5.62. The third-order valence-electron chi connectivity index (χ3n) is 2.81. The van der Waals surface area contributed by atoms with Crippen molar-refractivity contribution < 1.29 is 4.79 Å². The van der Waals surface area contributed by atoms with Gasteiger partial charge in [-0.2, -0.15) is 0 Å². The number of hydrogen-bond acceptors (Lipinski definition) is 1. The summed E-state index contributed by atoms with van der Waals surface area (Å²) in [5.74, 6) is 0. The summed E-state index contributed by atoms with van der Waals surface area (Å²) in [5, 5.41) is 0. The molecule has 10 heavy (non-hydrogen) atoms. The van der Waals surface area contributed by atoms with Gasteiger partial charge in [-0.25, -0.2) is 0 Å². The summed E-state index contributed by atoms with van der Waals surface area (Å²) in [4.78, 5) is 10.7. The molecule has 1 aliphatic carbocycles. The lowest BCUT2D eigenvalue weighted by Crippen LogP contribution is -2.31. The summed E-state index contributed by atoms with van der Waals surface area (Å²) < 4.78 is 0. The molecule has 0 aromatic rings. The van der Waals surface area contributed by atoms with E-state index in [-0.39, 0.29) is 10.8 Å². The SMILES string of the molecule is CC1(C)C=CCC1(C)C=O. The first-order valence-corrected chi connectivity index (χ1v) is 3.66. The molecule has 0 fully saturated rings. The lowest BCUT2D eigenvalue weighted by molar-refractivity contribution is -0.118. The molecule has 1 atom stereocenters. The Hall–Kier alpha value is -0.590. The Morgan fingerprint density at radius 2 is 2.00 bits per heavy atom. The number of allylic oxidation sites excluding steroid dienone is 2. The first kappa shape index (κ1) is 7.52. The van der Waals surface area contributed by atoms with Crippen LogP contribution in [0.5, 0.6) is 0 Å². The van der Waals surface area contributed by atoms with Gasteiger partial charge < -0.3 is 4.79 Å². The van der Waals surface area contributed by atoms with Crippen LogP contribution >= 0.6 is 0 Å². The maximum absolute atomic E-state index is 10.7. The van der Waals surface area contributed by atoms with E-state index in [1.165, 1.54) is 0 Å². The number of carbonyl (C=O) groups excluding carboxylic acids is 1. The molecule has 0 radical (unpaired) electrons. The average Bonchev–Trinajstić information content (AvgIpc) is 2.10. The van der Waals surface area contributed by atoms with Crippen LogP contribution in [-0.4, -0.2) is 6.29 Å². The standard InChI is InChI=1S/C9H14O/c1-8(2)5-4-6-9(8,3)7-10/h4-5,7H,6H2,1-3H3. The Morgan fingerprint density at radius 1 is 1.40 bits per heavy atom. The number of rotatable bonds is 1. The molecule has 0 aromatic heterocycles. The molecule has 0 bridgehead atoms. The lowest BCUT2D eigenvalue weighted by Gasteiger charge is -2.32. The molecule has 56 valence electrons. The predicted octanol–water partition coefficient (Wildman–Crippen LogP) is 2.18. The minimum atomic E-state index is -0.160. The highest BCUT2D eigenvalue weighted by Gasteiger charge is 2.41. The molecule has 1 nitrogen and oxygen atoms in total. The second-order valence-electron chi connectivity index (χ2n) is 3.86. The van der Waals surface area contributed by atoms with Gasteiger partial charge in [0.25, 0.3) is 0 Å². The zero-order valence-corrected chi connectivity index (χ0v) is 6.85. The zero-order valence-electron chi connectivity index (χ0n) is 6.85. The molecule has 0 aliphatic heterocycles. The van der Waals surface area contributed by atoms with E-state index in [1.54, 1.807) is 0 Å². The smallest absolute Gasteiger partial charge is 0.127 e. The van der Waals surface area contributed by atoms with E-state index in [1.807, 2.05) is 6.92 Å². The summed E-state index contributed by atoms with van der Waals surface area (Å²) >= 11 is 0. The molecule has 0 heterocycles. The molecule has 1 heteroatoms. The average molecular weight is 138 g/mol. The van der Waals surface area contributed by atoms with Crippen LogP contribution in [0.2, 0.25) is 0 Å². The minimum absolute atomic E-state index is 0.0503. The van der Waals surface area contributed by atoms with Crippen molar-refractivity contribution in [1.82, 2.24) is 0 Å². The van der Waals surface area contributed by atoms with Crippen LogP contribution in [0.3, 0.4) is 0 Å². The van der Waals surface area contributed by atoms with E-state index in [2.05, 4.69) is 26.0 Å². The fraction of sp³-hybridized carbons (Fsp3) is 0.667. The van der Waals surface area contributed by atoms with Crippen molar-refractivity contribution in [2.75, 3.05) is 0 Å². The highest BCUT2D eigenvalue weighted by atomic mass is 16.1. The summed E-state index contributed by atoms with van der Waals surface area (Å²) in [6.07, 6.45) is 6.19. The van der Waals surface area contributed by atoms with E-state index in [4.69, 9.17) is 0 Å². The van der Waals surface area contributed by atoms with Gasteiger partial charge in [-0.05, 0) is 11.8 Å². The molecule has 1 rings (SSSR count). The quantitative estimate of drug-likeness (QED) is 0.401. The van der Waals surface area contributed by atoms with Crippen molar-refractivity contribution in [2.45, 2.75) is 27.2 Å². The number of aldehydes is 1. The normalized spacial score (nSPS) is 36.3.